The molecule has 0 atom stereocenters. The molecule has 0 amide bonds. The summed E-state index contributed by atoms with van der Waals surface area (Å²) in [5, 5.41) is 0. The third kappa shape index (κ3) is 3.26. The molecule has 0 radical (unpaired) electrons. The molecule has 0 fully saturated rings. The predicted octanol–water partition coefficient (Wildman–Crippen LogP) is 4.31. The van der Waals surface area contributed by atoms with Crippen LogP contribution in [0.4, 0.5) is 26.3 Å². The van der Waals surface area contributed by atoms with E-state index in [2.05, 4.69) is 14.7 Å². The first-order valence-electron chi connectivity index (χ1n) is 6.40. The highest BCUT2D eigenvalue weighted by molar-refractivity contribution is 5.63. The van der Waals surface area contributed by atoms with Crippen molar-refractivity contribution in [1.29, 1.82) is 0 Å². The Hall–Kier alpha value is -2.78. The minimum Gasteiger partial charge on any atom is -0.406 e. The topological polar surface area (TPSA) is 39.4 Å². The third-order valence-electron chi connectivity index (χ3n) is 3.04. The molecule has 24 heavy (non-hydrogen) atoms. The second-order valence-electron chi connectivity index (χ2n) is 4.71. The number of fused-ring (bicyclic) bond motifs is 1. The van der Waals surface area contributed by atoms with Crippen LogP contribution in [0.1, 0.15) is 5.69 Å². The van der Waals surface area contributed by atoms with Gasteiger partial charge in [-0.05, 0) is 30.3 Å². The van der Waals surface area contributed by atoms with Gasteiger partial charge < -0.3 is 4.74 Å². The number of alkyl halides is 6. The van der Waals surface area contributed by atoms with Gasteiger partial charge in [0.15, 0.2) is 11.3 Å². The van der Waals surface area contributed by atoms with Gasteiger partial charge in [0.05, 0.1) is 5.69 Å². The minimum atomic E-state index is -4.82. The Morgan fingerprint density at radius 1 is 0.917 bits per heavy atom. The average Bonchev–Trinajstić information content (AvgIpc) is 2.89. The van der Waals surface area contributed by atoms with Gasteiger partial charge in [0.2, 0.25) is 0 Å². The standard InChI is InChI=1S/C14H7F6N3O/c15-13(16,17)11-12-22-10(5-6-23(12)7-21-11)8-1-3-9(4-2-8)24-14(18,19)20/h1-7H. The van der Waals surface area contributed by atoms with Gasteiger partial charge in [-0.1, -0.05) is 0 Å². The van der Waals surface area contributed by atoms with E-state index in [1.54, 1.807) is 0 Å². The number of hydrogen-bond acceptors (Lipinski definition) is 3. The maximum Gasteiger partial charge on any atom is 0.573 e. The Bertz CT molecular complexity index is 867. The van der Waals surface area contributed by atoms with Gasteiger partial charge in [-0.3, -0.25) is 4.40 Å². The summed E-state index contributed by atoms with van der Waals surface area (Å²) in [5.74, 6) is -0.437. The van der Waals surface area contributed by atoms with E-state index in [4.69, 9.17) is 0 Å². The Labute approximate surface area is 130 Å². The van der Waals surface area contributed by atoms with Crippen LogP contribution in [0.15, 0.2) is 42.9 Å². The number of hydrogen-bond donors (Lipinski definition) is 0. The van der Waals surface area contributed by atoms with Crippen molar-refractivity contribution in [2.24, 2.45) is 0 Å². The molecule has 0 aliphatic rings. The Kier molecular flexibility index (Phi) is 3.61. The maximum absolute atomic E-state index is 12.9. The molecule has 0 unspecified atom stereocenters. The van der Waals surface area contributed by atoms with E-state index in [0.717, 1.165) is 22.9 Å². The fourth-order valence-electron chi connectivity index (χ4n) is 2.06. The fourth-order valence-corrected chi connectivity index (χ4v) is 2.06. The van der Waals surface area contributed by atoms with E-state index in [-0.39, 0.29) is 5.69 Å². The number of aromatic nitrogens is 3. The summed E-state index contributed by atoms with van der Waals surface area (Å²) in [4.78, 5) is 7.18. The highest BCUT2D eigenvalue weighted by Gasteiger charge is 2.36. The summed E-state index contributed by atoms with van der Waals surface area (Å²) >= 11 is 0. The molecule has 3 aromatic rings. The van der Waals surface area contributed by atoms with Crippen LogP contribution in [0.2, 0.25) is 0 Å². The van der Waals surface area contributed by atoms with Crippen molar-refractivity contribution in [3.05, 3.63) is 48.5 Å². The number of nitrogens with zero attached hydrogens (tertiary/aromatic N) is 3. The van der Waals surface area contributed by atoms with Crippen LogP contribution >= 0.6 is 0 Å². The molecule has 0 aliphatic carbocycles. The number of imidazole rings is 1. The molecule has 126 valence electrons. The van der Waals surface area contributed by atoms with Gasteiger partial charge in [-0.25, -0.2) is 9.97 Å². The van der Waals surface area contributed by atoms with Crippen molar-refractivity contribution in [1.82, 2.24) is 14.4 Å². The third-order valence-corrected chi connectivity index (χ3v) is 3.04. The first-order chi connectivity index (χ1) is 11.1. The lowest BCUT2D eigenvalue weighted by molar-refractivity contribution is -0.274. The monoisotopic (exact) mass is 347 g/mol. The molecule has 0 N–H and O–H groups in total. The zero-order chi connectivity index (χ0) is 17.5. The van der Waals surface area contributed by atoms with Gasteiger partial charge in [-0.15, -0.1) is 13.2 Å². The summed E-state index contributed by atoms with van der Waals surface area (Å²) in [6, 6.07) is 6.06. The molecule has 1 aromatic carbocycles. The first-order valence-corrected chi connectivity index (χ1v) is 6.40. The molecule has 2 heterocycles. The molecule has 0 saturated heterocycles. The number of ether oxygens (including phenoxy) is 1. The van der Waals surface area contributed by atoms with Gasteiger partial charge in [0.1, 0.15) is 12.1 Å². The van der Waals surface area contributed by atoms with Crippen molar-refractivity contribution in [2.45, 2.75) is 12.5 Å². The normalized spacial score (nSPS) is 12.6. The molecular formula is C14H7F6N3O. The molecule has 0 saturated carbocycles. The SMILES string of the molecule is FC(F)(F)Oc1ccc(-c2ccn3cnc(C(F)(F)F)c3n2)cc1. The second kappa shape index (κ2) is 5.39. The lowest BCUT2D eigenvalue weighted by Gasteiger charge is -2.09. The van der Waals surface area contributed by atoms with E-state index >= 15 is 0 Å². The molecule has 10 heteroatoms. The van der Waals surface area contributed by atoms with Crippen LogP contribution in [0.3, 0.4) is 0 Å². The molecular weight excluding hydrogens is 340 g/mol. The van der Waals surface area contributed by atoms with E-state index in [1.165, 1.54) is 24.4 Å². The fraction of sp³-hybridized carbons (Fsp3) is 0.143. The van der Waals surface area contributed by atoms with Crippen molar-refractivity contribution < 1.29 is 31.1 Å². The predicted molar refractivity (Wildman–Crippen MR) is 70.1 cm³/mol. The van der Waals surface area contributed by atoms with Crippen LogP contribution < -0.4 is 4.74 Å². The van der Waals surface area contributed by atoms with Crippen LogP contribution in [0, 0.1) is 0 Å². The summed E-state index contributed by atoms with van der Waals surface area (Å²) in [6.07, 6.45) is -7.17. The molecule has 0 bridgehead atoms. The van der Waals surface area contributed by atoms with Gasteiger partial charge in [-0.2, -0.15) is 13.2 Å². The van der Waals surface area contributed by atoms with Crippen molar-refractivity contribution >= 4 is 5.65 Å². The highest BCUT2D eigenvalue weighted by atomic mass is 19.4. The summed E-state index contributed by atoms with van der Waals surface area (Å²) in [5.41, 5.74) is -1.04. The van der Waals surface area contributed by atoms with Crippen LogP contribution in [0.5, 0.6) is 5.75 Å². The zero-order valence-electron chi connectivity index (χ0n) is 11.6. The average molecular weight is 347 g/mol. The maximum atomic E-state index is 12.9. The van der Waals surface area contributed by atoms with Crippen LogP contribution in [0.25, 0.3) is 16.9 Å². The molecule has 3 rings (SSSR count). The van der Waals surface area contributed by atoms with E-state index in [9.17, 15) is 26.3 Å². The lowest BCUT2D eigenvalue weighted by atomic mass is 10.1. The molecule has 2 aromatic heterocycles. The highest BCUT2D eigenvalue weighted by Crippen LogP contribution is 2.31. The zero-order valence-corrected chi connectivity index (χ0v) is 11.6. The van der Waals surface area contributed by atoms with Gasteiger partial charge >= 0.3 is 12.5 Å². The van der Waals surface area contributed by atoms with Gasteiger partial charge in [0.25, 0.3) is 0 Å². The van der Waals surface area contributed by atoms with Crippen LogP contribution in [-0.2, 0) is 6.18 Å². The van der Waals surface area contributed by atoms with Crippen molar-refractivity contribution in [3.63, 3.8) is 0 Å². The second-order valence-corrected chi connectivity index (χ2v) is 4.71. The Morgan fingerprint density at radius 3 is 2.17 bits per heavy atom. The number of halogens is 6. The minimum absolute atomic E-state index is 0.159. The first kappa shape index (κ1) is 16.1. The largest absolute Gasteiger partial charge is 0.573 e. The van der Waals surface area contributed by atoms with Crippen molar-refractivity contribution in [2.75, 3.05) is 0 Å². The van der Waals surface area contributed by atoms with E-state index in [0.29, 0.717) is 5.56 Å². The number of rotatable bonds is 2. The Morgan fingerprint density at radius 2 is 1.58 bits per heavy atom. The smallest absolute Gasteiger partial charge is 0.406 e. The van der Waals surface area contributed by atoms with E-state index < -0.39 is 29.6 Å². The molecule has 4 nitrogen and oxygen atoms in total. The quantitative estimate of drug-likeness (QED) is 0.649. The lowest BCUT2D eigenvalue weighted by Crippen LogP contribution is -2.16. The van der Waals surface area contributed by atoms with E-state index in [1.807, 2.05) is 0 Å². The molecule has 0 spiro atoms. The summed E-state index contributed by atoms with van der Waals surface area (Å²) in [7, 11) is 0. The summed E-state index contributed by atoms with van der Waals surface area (Å²) in [6.45, 7) is 0. The Balaban J connectivity index is 1.97. The molecule has 0 aliphatic heterocycles. The van der Waals surface area contributed by atoms with Crippen molar-refractivity contribution in [3.8, 4) is 17.0 Å². The number of benzene rings is 1. The van der Waals surface area contributed by atoms with Crippen LogP contribution in [-0.4, -0.2) is 20.7 Å². The van der Waals surface area contributed by atoms with Gasteiger partial charge in [0, 0.05) is 11.8 Å². The summed E-state index contributed by atoms with van der Waals surface area (Å²) < 4.78 is 79.7.